The lowest BCUT2D eigenvalue weighted by atomic mass is 10.1. The summed E-state index contributed by atoms with van der Waals surface area (Å²) in [5.41, 5.74) is -0.357. The number of alkyl halides is 5. The lowest BCUT2D eigenvalue weighted by Gasteiger charge is -2.26. The lowest BCUT2D eigenvalue weighted by Crippen LogP contribution is -2.37. The van der Waals surface area contributed by atoms with E-state index in [-0.39, 0.29) is 40.9 Å². The van der Waals surface area contributed by atoms with E-state index in [1.54, 1.807) is 4.90 Å². The average Bonchev–Trinajstić information content (AvgIpc) is 3.45. The standard InChI is InChI=1S/C30H33F5N4O6S/c1-3-29(31,32)44-18-22-13-24(45-23-9-7-21(8-10-23)30(33,34)35)16-39(22)28-36-14-20(15-37-28)27(41)38-26(17-40)19-5-11-25(12-6-19)46(42,43)4-2/h5-12,14-15,22,24,26,40H,3-4,13,16-18H2,1-2H3,(H,38,41)/t22-,24-,26?/m0/s1. The molecule has 1 fully saturated rings. The van der Waals surface area contributed by atoms with E-state index in [4.69, 9.17) is 9.47 Å². The first kappa shape index (κ1) is 35.0. The Kier molecular flexibility index (Phi) is 10.8. The first-order valence-corrected chi connectivity index (χ1v) is 16.0. The minimum Gasteiger partial charge on any atom is -0.489 e. The first-order chi connectivity index (χ1) is 21.7. The molecule has 1 aliphatic rings. The number of hydrogen-bond acceptors (Lipinski definition) is 9. The van der Waals surface area contributed by atoms with E-state index in [1.165, 1.54) is 62.6 Å². The normalized spacial score (nSPS) is 18.0. The van der Waals surface area contributed by atoms with Crippen LogP contribution in [0.3, 0.4) is 0 Å². The third kappa shape index (κ3) is 8.67. The molecule has 10 nitrogen and oxygen atoms in total. The molecule has 2 N–H and O–H groups in total. The molecule has 2 heterocycles. The molecule has 3 aromatic rings. The molecule has 0 bridgehead atoms. The SMILES string of the molecule is CCC(F)(F)OC[C@@H]1C[C@H](Oc2ccc(C(F)(F)F)cc2)CN1c1ncc(C(=O)NC(CO)c2ccc(S(=O)(=O)CC)cc2)cn1. The molecule has 0 aliphatic carbocycles. The molecule has 3 atom stereocenters. The van der Waals surface area contributed by atoms with Gasteiger partial charge >= 0.3 is 12.3 Å². The van der Waals surface area contributed by atoms with E-state index in [9.17, 15) is 40.3 Å². The Morgan fingerprint density at radius 3 is 2.22 bits per heavy atom. The molecule has 4 rings (SSSR count). The van der Waals surface area contributed by atoms with Gasteiger partial charge in [-0.05, 0) is 42.0 Å². The number of aromatic nitrogens is 2. The molecule has 1 aromatic heterocycles. The number of amides is 1. The van der Waals surface area contributed by atoms with Crippen molar-refractivity contribution in [3.8, 4) is 5.75 Å². The number of aliphatic hydroxyl groups is 1. The second-order valence-corrected chi connectivity index (χ2v) is 12.8. The van der Waals surface area contributed by atoms with Crippen LogP contribution in [0.1, 0.15) is 54.2 Å². The fraction of sp³-hybridized carbons (Fsp3) is 0.433. The van der Waals surface area contributed by atoms with Crippen molar-refractivity contribution in [3.05, 3.63) is 77.6 Å². The number of anilines is 1. The van der Waals surface area contributed by atoms with Crippen molar-refractivity contribution >= 4 is 21.7 Å². The Morgan fingerprint density at radius 2 is 1.67 bits per heavy atom. The number of halogens is 5. The third-order valence-electron chi connectivity index (χ3n) is 7.43. The predicted octanol–water partition coefficient (Wildman–Crippen LogP) is 4.80. The van der Waals surface area contributed by atoms with Gasteiger partial charge in [-0.3, -0.25) is 4.79 Å². The monoisotopic (exact) mass is 672 g/mol. The Morgan fingerprint density at radius 1 is 1.04 bits per heavy atom. The predicted molar refractivity (Wildman–Crippen MR) is 156 cm³/mol. The highest BCUT2D eigenvalue weighted by molar-refractivity contribution is 7.91. The van der Waals surface area contributed by atoms with Gasteiger partial charge in [-0.25, -0.2) is 18.4 Å². The summed E-state index contributed by atoms with van der Waals surface area (Å²) < 4.78 is 101. The molecule has 250 valence electrons. The molecular weight excluding hydrogens is 639 g/mol. The molecule has 0 saturated carbocycles. The summed E-state index contributed by atoms with van der Waals surface area (Å²) in [6.07, 6.45) is -6.48. The summed E-state index contributed by atoms with van der Waals surface area (Å²) in [4.78, 5) is 23.1. The second kappa shape index (κ2) is 14.3. The summed E-state index contributed by atoms with van der Waals surface area (Å²) in [7, 11) is -3.43. The maximum Gasteiger partial charge on any atom is 0.416 e. The maximum absolute atomic E-state index is 13.9. The number of aliphatic hydroxyl groups excluding tert-OH is 1. The van der Waals surface area contributed by atoms with Gasteiger partial charge in [0.15, 0.2) is 9.84 Å². The number of benzene rings is 2. The highest BCUT2D eigenvalue weighted by Gasteiger charge is 2.38. The Hall–Kier alpha value is -3.89. The van der Waals surface area contributed by atoms with Crippen LogP contribution >= 0.6 is 0 Å². The van der Waals surface area contributed by atoms with Gasteiger partial charge in [0.05, 0.1) is 53.6 Å². The van der Waals surface area contributed by atoms with Crippen LogP contribution in [0.5, 0.6) is 5.75 Å². The maximum atomic E-state index is 13.9. The van der Waals surface area contributed by atoms with Gasteiger partial charge in [0.2, 0.25) is 5.95 Å². The summed E-state index contributed by atoms with van der Waals surface area (Å²) in [5, 5.41) is 12.5. The molecule has 1 amide bonds. The van der Waals surface area contributed by atoms with Crippen molar-refractivity contribution in [2.45, 2.75) is 62.1 Å². The average molecular weight is 673 g/mol. The highest BCUT2D eigenvalue weighted by atomic mass is 32.2. The van der Waals surface area contributed by atoms with E-state index < -0.39 is 71.4 Å². The summed E-state index contributed by atoms with van der Waals surface area (Å²) in [5.74, 6) is -0.476. The van der Waals surface area contributed by atoms with E-state index in [2.05, 4.69) is 15.3 Å². The van der Waals surface area contributed by atoms with E-state index >= 15 is 0 Å². The fourth-order valence-electron chi connectivity index (χ4n) is 4.73. The minimum atomic E-state index is -4.51. The van der Waals surface area contributed by atoms with Crippen molar-refractivity contribution in [1.82, 2.24) is 15.3 Å². The molecule has 16 heteroatoms. The topological polar surface area (TPSA) is 131 Å². The van der Waals surface area contributed by atoms with Crippen molar-refractivity contribution in [1.29, 1.82) is 0 Å². The van der Waals surface area contributed by atoms with Crippen LogP contribution in [0, 0.1) is 0 Å². The smallest absolute Gasteiger partial charge is 0.416 e. The van der Waals surface area contributed by atoms with Gasteiger partial charge in [0.1, 0.15) is 11.9 Å². The number of nitrogens with zero attached hydrogens (tertiary/aromatic N) is 3. The summed E-state index contributed by atoms with van der Waals surface area (Å²) in [6.45, 7) is 1.97. The third-order valence-corrected chi connectivity index (χ3v) is 9.18. The Labute approximate surface area is 262 Å². The molecule has 2 aromatic carbocycles. The van der Waals surface area contributed by atoms with Crippen LogP contribution in [-0.2, 0) is 20.8 Å². The quantitative estimate of drug-likeness (QED) is 0.246. The van der Waals surface area contributed by atoms with Crippen molar-refractivity contribution in [2.24, 2.45) is 0 Å². The van der Waals surface area contributed by atoms with Crippen LogP contribution in [0.4, 0.5) is 27.9 Å². The van der Waals surface area contributed by atoms with Gasteiger partial charge in [0, 0.05) is 25.2 Å². The lowest BCUT2D eigenvalue weighted by molar-refractivity contribution is -0.241. The molecule has 0 radical (unpaired) electrons. The number of carbonyl (C=O) groups excluding carboxylic acids is 1. The summed E-state index contributed by atoms with van der Waals surface area (Å²) in [6, 6.07) is 8.32. The summed E-state index contributed by atoms with van der Waals surface area (Å²) >= 11 is 0. The zero-order valence-corrected chi connectivity index (χ0v) is 25.7. The highest BCUT2D eigenvalue weighted by Crippen LogP contribution is 2.32. The Balaban J connectivity index is 1.46. The van der Waals surface area contributed by atoms with E-state index in [1.807, 2.05) is 0 Å². The van der Waals surface area contributed by atoms with Crippen molar-refractivity contribution in [3.63, 3.8) is 0 Å². The van der Waals surface area contributed by atoms with Crippen molar-refractivity contribution in [2.75, 3.05) is 30.4 Å². The Bertz CT molecular complexity index is 1570. The second-order valence-electron chi connectivity index (χ2n) is 10.6. The molecule has 46 heavy (non-hydrogen) atoms. The van der Waals surface area contributed by atoms with E-state index in [0.29, 0.717) is 5.56 Å². The van der Waals surface area contributed by atoms with Crippen LogP contribution in [0.25, 0.3) is 0 Å². The fourth-order valence-corrected chi connectivity index (χ4v) is 5.62. The number of nitrogens with one attached hydrogen (secondary N) is 1. The van der Waals surface area contributed by atoms with Crippen LogP contribution in [-0.4, -0.2) is 73.2 Å². The van der Waals surface area contributed by atoms with Gasteiger partial charge < -0.3 is 24.8 Å². The zero-order valence-electron chi connectivity index (χ0n) is 24.9. The molecule has 1 saturated heterocycles. The number of sulfone groups is 1. The number of hydrogen-bond donors (Lipinski definition) is 2. The number of ether oxygens (including phenoxy) is 2. The number of rotatable bonds is 13. The van der Waals surface area contributed by atoms with Crippen LogP contribution in [0.15, 0.2) is 65.8 Å². The van der Waals surface area contributed by atoms with E-state index in [0.717, 1.165) is 12.1 Å². The first-order valence-electron chi connectivity index (χ1n) is 14.3. The zero-order chi connectivity index (χ0) is 33.7. The molecule has 1 unspecified atom stereocenters. The van der Waals surface area contributed by atoms with Gasteiger partial charge in [-0.15, -0.1) is 0 Å². The van der Waals surface area contributed by atoms with Crippen LogP contribution < -0.4 is 15.0 Å². The minimum absolute atomic E-state index is 0.0226. The van der Waals surface area contributed by atoms with Gasteiger partial charge in [-0.1, -0.05) is 26.0 Å². The molecule has 1 aliphatic heterocycles. The molecular formula is C30H33F5N4O6S. The molecule has 0 spiro atoms. The van der Waals surface area contributed by atoms with Gasteiger partial charge in [-0.2, -0.15) is 22.0 Å². The van der Waals surface area contributed by atoms with Crippen LogP contribution in [0.2, 0.25) is 0 Å². The number of carbonyl (C=O) groups is 1. The largest absolute Gasteiger partial charge is 0.489 e. The van der Waals surface area contributed by atoms with Gasteiger partial charge in [0.25, 0.3) is 5.91 Å². The van der Waals surface area contributed by atoms with Crippen molar-refractivity contribution < 1.29 is 49.7 Å².